The van der Waals surface area contributed by atoms with E-state index in [0.717, 1.165) is 17.7 Å². The molecule has 0 radical (unpaired) electrons. The summed E-state index contributed by atoms with van der Waals surface area (Å²) in [5.74, 6) is 0.223. The molecule has 0 bridgehead atoms. The third-order valence-electron chi connectivity index (χ3n) is 4.53. The monoisotopic (exact) mass is 361 g/mol. The SMILES string of the molecule is O=C(Nc1ccccc1)Nc1ccc2c(c1)CN(C(=O)c1ccco1)CC2. The Morgan fingerprint density at radius 1 is 0.889 bits per heavy atom. The van der Waals surface area contributed by atoms with Gasteiger partial charge in [0.05, 0.1) is 6.26 Å². The van der Waals surface area contributed by atoms with Crippen molar-refractivity contribution >= 4 is 23.3 Å². The van der Waals surface area contributed by atoms with Crippen LogP contribution in [-0.2, 0) is 13.0 Å². The van der Waals surface area contributed by atoms with Crippen molar-refractivity contribution in [3.05, 3.63) is 83.8 Å². The Bertz CT molecular complexity index is 952. The molecule has 6 heteroatoms. The number of carbonyl (C=O) groups is 2. The molecule has 4 rings (SSSR count). The van der Waals surface area contributed by atoms with Crippen molar-refractivity contribution < 1.29 is 14.0 Å². The number of para-hydroxylation sites is 1. The van der Waals surface area contributed by atoms with Gasteiger partial charge < -0.3 is 20.0 Å². The molecular weight excluding hydrogens is 342 g/mol. The average molecular weight is 361 g/mol. The fourth-order valence-corrected chi connectivity index (χ4v) is 3.18. The van der Waals surface area contributed by atoms with Crippen LogP contribution in [0.15, 0.2) is 71.3 Å². The van der Waals surface area contributed by atoms with E-state index in [1.54, 1.807) is 17.0 Å². The zero-order valence-corrected chi connectivity index (χ0v) is 14.6. The zero-order chi connectivity index (χ0) is 18.6. The van der Waals surface area contributed by atoms with Crippen molar-refractivity contribution in [3.8, 4) is 0 Å². The van der Waals surface area contributed by atoms with Gasteiger partial charge >= 0.3 is 6.03 Å². The third kappa shape index (κ3) is 3.84. The van der Waals surface area contributed by atoms with Crippen LogP contribution >= 0.6 is 0 Å². The molecule has 0 spiro atoms. The minimum Gasteiger partial charge on any atom is -0.459 e. The normalized spacial score (nSPS) is 13.0. The van der Waals surface area contributed by atoms with Crippen LogP contribution in [0.5, 0.6) is 0 Å². The Morgan fingerprint density at radius 3 is 2.48 bits per heavy atom. The first-order valence-corrected chi connectivity index (χ1v) is 8.77. The van der Waals surface area contributed by atoms with Gasteiger partial charge in [0, 0.05) is 24.5 Å². The second kappa shape index (κ2) is 7.37. The average Bonchev–Trinajstić information content (AvgIpc) is 3.22. The highest BCUT2D eigenvalue weighted by Crippen LogP contribution is 2.24. The van der Waals surface area contributed by atoms with Crippen molar-refractivity contribution in [2.24, 2.45) is 0 Å². The Labute approximate surface area is 156 Å². The number of anilines is 2. The van der Waals surface area contributed by atoms with E-state index in [2.05, 4.69) is 10.6 Å². The van der Waals surface area contributed by atoms with Gasteiger partial charge in [0.25, 0.3) is 5.91 Å². The van der Waals surface area contributed by atoms with Crippen LogP contribution in [0.2, 0.25) is 0 Å². The summed E-state index contributed by atoms with van der Waals surface area (Å²) in [5, 5.41) is 5.63. The van der Waals surface area contributed by atoms with Crippen LogP contribution in [0.3, 0.4) is 0 Å². The van der Waals surface area contributed by atoms with E-state index in [-0.39, 0.29) is 11.9 Å². The molecule has 2 N–H and O–H groups in total. The molecule has 1 aliphatic heterocycles. The van der Waals surface area contributed by atoms with Crippen LogP contribution in [-0.4, -0.2) is 23.4 Å². The van der Waals surface area contributed by atoms with Gasteiger partial charge in [-0.05, 0) is 53.9 Å². The van der Waals surface area contributed by atoms with Crippen LogP contribution in [0.25, 0.3) is 0 Å². The molecule has 3 aromatic rings. The second-order valence-electron chi connectivity index (χ2n) is 6.38. The Hall–Kier alpha value is -3.54. The first-order valence-electron chi connectivity index (χ1n) is 8.77. The summed E-state index contributed by atoms with van der Waals surface area (Å²) in [7, 11) is 0. The molecule has 2 heterocycles. The van der Waals surface area contributed by atoms with Crippen LogP contribution < -0.4 is 10.6 Å². The number of urea groups is 1. The summed E-state index contributed by atoms with van der Waals surface area (Å²) in [6, 6.07) is 18.1. The number of furan rings is 1. The van der Waals surface area contributed by atoms with Gasteiger partial charge in [0.1, 0.15) is 0 Å². The molecule has 27 heavy (non-hydrogen) atoms. The minimum absolute atomic E-state index is 0.120. The number of hydrogen-bond donors (Lipinski definition) is 2. The Morgan fingerprint density at radius 2 is 1.70 bits per heavy atom. The van der Waals surface area contributed by atoms with Gasteiger partial charge in [0.2, 0.25) is 0 Å². The van der Waals surface area contributed by atoms with Gasteiger partial charge in [-0.15, -0.1) is 0 Å². The molecular formula is C21H19N3O3. The topological polar surface area (TPSA) is 74.6 Å². The molecule has 1 aliphatic rings. The molecule has 0 unspecified atom stereocenters. The highest BCUT2D eigenvalue weighted by molar-refractivity contribution is 5.99. The molecule has 0 atom stereocenters. The van der Waals surface area contributed by atoms with E-state index in [0.29, 0.717) is 24.5 Å². The van der Waals surface area contributed by atoms with Crippen LogP contribution in [0.1, 0.15) is 21.7 Å². The van der Waals surface area contributed by atoms with Crippen molar-refractivity contribution in [3.63, 3.8) is 0 Å². The maximum Gasteiger partial charge on any atom is 0.323 e. The standard InChI is InChI=1S/C21H19N3O3/c25-20(19-7-4-12-27-19)24-11-10-15-8-9-18(13-16(15)14-24)23-21(26)22-17-5-2-1-3-6-17/h1-9,12-13H,10-11,14H2,(H2,22,23,26). The number of hydrogen-bond acceptors (Lipinski definition) is 3. The molecule has 136 valence electrons. The van der Waals surface area contributed by atoms with Crippen LogP contribution in [0, 0.1) is 0 Å². The smallest absolute Gasteiger partial charge is 0.323 e. The lowest BCUT2D eigenvalue weighted by Crippen LogP contribution is -2.35. The summed E-state index contributed by atoms with van der Waals surface area (Å²) < 4.78 is 5.21. The number of nitrogens with one attached hydrogen (secondary N) is 2. The fourth-order valence-electron chi connectivity index (χ4n) is 3.18. The lowest BCUT2D eigenvalue weighted by Gasteiger charge is -2.28. The van der Waals surface area contributed by atoms with Gasteiger partial charge in [-0.1, -0.05) is 24.3 Å². The van der Waals surface area contributed by atoms with Crippen molar-refractivity contribution in [1.82, 2.24) is 4.90 Å². The summed E-state index contributed by atoms with van der Waals surface area (Å²) in [6.07, 6.45) is 2.27. The van der Waals surface area contributed by atoms with Crippen molar-refractivity contribution in [2.45, 2.75) is 13.0 Å². The van der Waals surface area contributed by atoms with Gasteiger partial charge in [0.15, 0.2) is 5.76 Å². The molecule has 1 aromatic heterocycles. The molecule has 0 aliphatic carbocycles. The number of benzene rings is 2. The van der Waals surface area contributed by atoms with E-state index in [9.17, 15) is 9.59 Å². The van der Waals surface area contributed by atoms with Crippen molar-refractivity contribution in [1.29, 1.82) is 0 Å². The first kappa shape index (κ1) is 16.9. The lowest BCUT2D eigenvalue weighted by molar-refractivity contribution is 0.0702. The highest BCUT2D eigenvalue weighted by atomic mass is 16.3. The Kier molecular flexibility index (Phi) is 4.61. The van der Waals surface area contributed by atoms with E-state index >= 15 is 0 Å². The number of carbonyl (C=O) groups excluding carboxylic acids is 2. The zero-order valence-electron chi connectivity index (χ0n) is 14.6. The van der Waals surface area contributed by atoms with Crippen molar-refractivity contribution in [2.75, 3.05) is 17.2 Å². The summed E-state index contributed by atoms with van der Waals surface area (Å²) in [4.78, 5) is 26.4. The predicted molar refractivity (Wildman–Crippen MR) is 103 cm³/mol. The number of rotatable bonds is 3. The number of amides is 3. The van der Waals surface area contributed by atoms with E-state index in [1.807, 2.05) is 48.5 Å². The molecule has 0 saturated heterocycles. The molecule has 0 saturated carbocycles. The summed E-state index contributed by atoms with van der Waals surface area (Å²) >= 11 is 0. The minimum atomic E-state index is -0.305. The maximum atomic E-state index is 12.5. The van der Waals surface area contributed by atoms with Crippen LogP contribution in [0.4, 0.5) is 16.2 Å². The van der Waals surface area contributed by atoms with E-state index in [4.69, 9.17) is 4.42 Å². The van der Waals surface area contributed by atoms with Gasteiger partial charge in [-0.2, -0.15) is 0 Å². The Balaban J connectivity index is 1.44. The predicted octanol–water partition coefficient (Wildman–Crippen LogP) is 4.12. The maximum absolute atomic E-state index is 12.5. The molecule has 2 aromatic carbocycles. The lowest BCUT2D eigenvalue weighted by atomic mass is 9.99. The molecule has 0 fully saturated rings. The second-order valence-corrected chi connectivity index (χ2v) is 6.38. The largest absolute Gasteiger partial charge is 0.459 e. The summed E-state index contributed by atoms with van der Waals surface area (Å²) in [5.41, 5.74) is 3.63. The molecule has 3 amide bonds. The fraction of sp³-hybridized carbons (Fsp3) is 0.143. The summed E-state index contributed by atoms with van der Waals surface area (Å²) in [6.45, 7) is 1.14. The molecule has 6 nitrogen and oxygen atoms in total. The number of fused-ring (bicyclic) bond motifs is 1. The first-order chi connectivity index (χ1) is 13.2. The number of nitrogens with zero attached hydrogens (tertiary/aromatic N) is 1. The van der Waals surface area contributed by atoms with Gasteiger partial charge in [-0.3, -0.25) is 4.79 Å². The van der Waals surface area contributed by atoms with Gasteiger partial charge in [-0.25, -0.2) is 4.79 Å². The highest BCUT2D eigenvalue weighted by Gasteiger charge is 2.23. The quantitative estimate of drug-likeness (QED) is 0.737. The third-order valence-corrected chi connectivity index (χ3v) is 4.53. The van der Waals surface area contributed by atoms with E-state index in [1.165, 1.54) is 11.8 Å². The van der Waals surface area contributed by atoms with E-state index < -0.39 is 0 Å².